The molecule has 2 aliphatic rings. The third-order valence-electron chi connectivity index (χ3n) is 4.13. The van der Waals surface area contributed by atoms with Crippen molar-refractivity contribution >= 4 is 0 Å². The second-order valence-corrected chi connectivity index (χ2v) is 5.71. The molecule has 0 radical (unpaired) electrons. The summed E-state index contributed by atoms with van der Waals surface area (Å²) in [7, 11) is 2.24. The number of rotatable bonds is 2. The Labute approximate surface area is 94.4 Å². The maximum Gasteiger partial charge on any atom is 0.00939 e. The lowest BCUT2D eigenvalue weighted by molar-refractivity contribution is 0.203. The van der Waals surface area contributed by atoms with Gasteiger partial charge < -0.3 is 10.2 Å². The first-order chi connectivity index (χ1) is 7.24. The third kappa shape index (κ3) is 3.46. The van der Waals surface area contributed by atoms with Crippen LogP contribution in [0.3, 0.4) is 0 Å². The van der Waals surface area contributed by atoms with E-state index in [-0.39, 0.29) is 0 Å². The van der Waals surface area contributed by atoms with Gasteiger partial charge in [-0.3, -0.25) is 0 Å². The number of piperidine rings is 1. The SMILES string of the molecule is C[C@@H]1CCC[C@@H](NC2CCN(C)CC2)C1. The Morgan fingerprint density at radius 3 is 2.40 bits per heavy atom. The summed E-state index contributed by atoms with van der Waals surface area (Å²) in [4.78, 5) is 2.45. The highest BCUT2D eigenvalue weighted by Gasteiger charge is 2.23. The standard InChI is InChI=1S/C13H26N2/c1-11-4-3-5-13(10-11)14-12-6-8-15(2)9-7-12/h11-14H,3-10H2,1-2H3/t11-,13-/m1/s1. The smallest absolute Gasteiger partial charge is 0.00939 e. The molecule has 0 amide bonds. The molecule has 1 heterocycles. The zero-order valence-electron chi connectivity index (χ0n) is 10.3. The normalized spacial score (nSPS) is 35.6. The molecule has 1 aliphatic heterocycles. The van der Waals surface area contributed by atoms with E-state index in [1.165, 1.54) is 51.6 Å². The number of nitrogens with zero attached hydrogens (tertiary/aromatic N) is 1. The monoisotopic (exact) mass is 210 g/mol. The van der Waals surface area contributed by atoms with Crippen molar-refractivity contribution in [2.24, 2.45) is 5.92 Å². The van der Waals surface area contributed by atoms with Crippen molar-refractivity contribution in [3.8, 4) is 0 Å². The molecule has 0 bridgehead atoms. The minimum Gasteiger partial charge on any atom is -0.311 e. The highest BCUT2D eigenvalue weighted by Crippen LogP contribution is 2.24. The first-order valence-corrected chi connectivity index (χ1v) is 6.68. The van der Waals surface area contributed by atoms with E-state index in [1.807, 2.05) is 0 Å². The van der Waals surface area contributed by atoms with Crippen molar-refractivity contribution in [2.75, 3.05) is 20.1 Å². The van der Waals surface area contributed by atoms with E-state index in [0.717, 1.165) is 18.0 Å². The first-order valence-electron chi connectivity index (χ1n) is 6.68. The van der Waals surface area contributed by atoms with E-state index in [0.29, 0.717) is 0 Å². The fraction of sp³-hybridized carbons (Fsp3) is 1.00. The summed E-state index contributed by atoms with van der Waals surface area (Å²) < 4.78 is 0. The van der Waals surface area contributed by atoms with Crippen LogP contribution >= 0.6 is 0 Å². The maximum atomic E-state index is 3.88. The number of hydrogen-bond acceptors (Lipinski definition) is 2. The van der Waals surface area contributed by atoms with Crippen LogP contribution in [-0.2, 0) is 0 Å². The molecule has 0 unspecified atom stereocenters. The van der Waals surface area contributed by atoms with Crippen LogP contribution in [0.5, 0.6) is 0 Å². The zero-order chi connectivity index (χ0) is 10.7. The second kappa shape index (κ2) is 5.31. The van der Waals surface area contributed by atoms with E-state index in [9.17, 15) is 0 Å². The fourth-order valence-electron chi connectivity index (χ4n) is 3.09. The van der Waals surface area contributed by atoms with E-state index in [2.05, 4.69) is 24.2 Å². The number of likely N-dealkylation sites (tertiary alicyclic amines) is 1. The molecule has 0 spiro atoms. The summed E-state index contributed by atoms with van der Waals surface area (Å²) in [5, 5.41) is 3.88. The molecule has 2 fully saturated rings. The van der Waals surface area contributed by atoms with Crippen LogP contribution in [0.4, 0.5) is 0 Å². The van der Waals surface area contributed by atoms with Crippen LogP contribution in [0.1, 0.15) is 45.4 Å². The van der Waals surface area contributed by atoms with Gasteiger partial charge in [0, 0.05) is 12.1 Å². The van der Waals surface area contributed by atoms with Crippen LogP contribution in [-0.4, -0.2) is 37.1 Å². The molecular weight excluding hydrogens is 184 g/mol. The van der Waals surface area contributed by atoms with E-state index >= 15 is 0 Å². The Balaban J connectivity index is 1.71. The molecular formula is C13H26N2. The summed E-state index contributed by atoms with van der Waals surface area (Å²) in [6, 6.07) is 1.62. The summed E-state index contributed by atoms with van der Waals surface area (Å²) in [5.41, 5.74) is 0. The van der Waals surface area contributed by atoms with Crippen LogP contribution in [0.15, 0.2) is 0 Å². The van der Waals surface area contributed by atoms with Gasteiger partial charge in [0.25, 0.3) is 0 Å². The van der Waals surface area contributed by atoms with Gasteiger partial charge in [-0.2, -0.15) is 0 Å². The molecule has 1 saturated carbocycles. The summed E-state index contributed by atoms with van der Waals surface area (Å²) in [5.74, 6) is 0.947. The van der Waals surface area contributed by atoms with E-state index < -0.39 is 0 Å². The Kier molecular flexibility index (Phi) is 4.04. The third-order valence-corrected chi connectivity index (χ3v) is 4.13. The minimum absolute atomic E-state index is 0.802. The lowest BCUT2D eigenvalue weighted by atomic mass is 9.86. The quantitative estimate of drug-likeness (QED) is 0.752. The van der Waals surface area contributed by atoms with Gasteiger partial charge in [0.2, 0.25) is 0 Å². The molecule has 2 nitrogen and oxygen atoms in total. The second-order valence-electron chi connectivity index (χ2n) is 5.71. The summed E-state index contributed by atoms with van der Waals surface area (Å²) >= 11 is 0. The van der Waals surface area contributed by atoms with Crippen molar-refractivity contribution in [1.29, 1.82) is 0 Å². The van der Waals surface area contributed by atoms with Gasteiger partial charge in [-0.05, 0) is 51.7 Å². The average molecular weight is 210 g/mol. The lowest BCUT2D eigenvalue weighted by Gasteiger charge is -2.35. The zero-order valence-corrected chi connectivity index (χ0v) is 10.3. The summed E-state index contributed by atoms with van der Waals surface area (Å²) in [6.07, 6.45) is 8.41. The molecule has 1 N–H and O–H groups in total. The van der Waals surface area contributed by atoms with E-state index in [1.54, 1.807) is 0 Å². The molecule has 0 aromatic carbocycles. The molecule has 15 heavy (non-hydrogen) atoms. The summed E-state index contributed by atoms with van der Waals surface area (Å²) in [6.45, 7) is 4.96. The van der Waals surface area contributed by atoms with E-state index in [4.69, 9.17) is 0 Å². The first kappa shape index (κ1) is 11.4. The average Bonchev–Trinajstić information content (AvgIpc) is 2.22. The highest BCUT2D eigenvalue weighted by molar-refractivity contribution is 4.82. The van der Waals surface area contributed by atoms with Crippen molar-refractivity contribution in [3.05, 3.63) is 0 Å². The van der Waals surface area contributed by atoms with Crippen molar-refractivity contribution < 1.29 is 0 Å². The van der Waals surface area contributed by atoms with Crippen LogP contribution in [0.25, 0.3) is 0 Å². The minimum atomic E-state index is 0.802. The number of nitrogens with one attached hydrogen (secondary N) is 1. The molecule has 1 aliphatic carbocycles. The van der Waals surface area contributed by atoms with Crippen molar-refractivity contribution in [1.82, 2.24) is 10.2 Å². The van der Waals surface area contributed by atoms with Gasteiger partial charge in [0.1, 0.15) is 0 Å². The Morgan fingerprint density at radius 2 is 1.73 bits per heavy atom. The van der Waals surface area contributed by atoms with Gasteiger partial charge in [0.05, 0.1) is 0 Å². The lowest BCUT2D eigenvalue weighted by Crippen LogP contribution is -2.46. The topological polar surface area (TPSA) is 15.3 Å². The highest BCUT2D eigenvalue weighted by atomic mass is 15.1. The Bertz CT molecular complexity index is 185. The molecule has 0 aromatic heterocycles. The van der Waals surface area contributed by atoms with Gasteiger partial charge in [-0.1, -0.05) is 19.8 Å². The Hall–Kier alpha value is -0.0800. The molecule has 2 atom stereocenters. The molecule has 2 heteroatoms. The van der Waals surface area contributed by atoms with Gasteiger partial charge in [-0.15, -0.1) is 0 Å². The fourth-order valence-corrected chi connectivity index (χ4v) is 3.09. The van der Waals surface area contributed by atoms with Crippen LogP contribution in [0, 0.1) is 5.92 Å². The predicted octanol–water partition coefficient (Wildman–Crippen LogP) is 2.25. The van der Waals surface area contributed by atoms with Crippen molar-refractivity contribution in [2.45, 2.75) is 57.5 Å². The molecule has 0 aromatic rings. The Morgan fingerprint density at radius 1 is 1.00 bits per heavy atom. The van der Waals surface area contributed by atoms with Gasteiger partial charge in [-0.25, -0.2) is 0 Å². The van der Waals surface area contributed by atoms with Crippen LogP contribution < -0.4 is 5.32 Å². The maximum absolute atomic E-state index is 3.88. The van der Waals surface area contributed by atoms with Gasteiger partial charge in [0.15, 0.2) is 0 Å². The molecule has 88 valence electrons. The number of hydrogen-bond donors (Lipinski definition) is 1. The molecule has 2 rings (SSSR count). The molecule has 1 saturated heterocycles. The van der Waals surface area contributed by atoms with Crippen LogP contribution in [0.2, 0.25) is 0 Å². The van der Waals surface area contributed by atoms with Gasteiger partial charge >= 0.3 is 0 Å². The largest absolute Gasteiger partial charge is 0.311 e. The van der Waals surface area contributed by atoms with Crippen molar-refractivity contribution in [3.63, 3.8) is 0 Å². The predicted molar refractivity (Wildman–Crippen MR) is 65.1 cm³/mol.